The number of allylic oxidation sites excluding steroid dienone is 3. The maximum Gasteiger partial charge on any atom is 0.335 e. The Balaban J connectivity index is 1.49. The maximum atomic E-state index is 13.5. The Morgan fingerprint density at radius 1 is 1.18 bits per heavy atom. The highest BCUT2D eigenvalue weighted by molar-refractivity contribution is 5.90. The molecule has 1 saturated carbocycles. The number of ether oxygens (including phenoxy) is 5. The summed E-state index contributed by atoms with van der Waals surface area (Å²) in [6.45, 7) is 7.24. The molecule has 1 spiro atoms. The summed E-state index contributed by atoms with van der Waals surface area (Å²) >= 11 is 0. The largest absolute Gasteiger partial charge is 0.481 e. The molecule has 2 heterocycles. The van der Waals surface area contributed by atoms with Crippen molar-refractivity contribution >= 4 is 23.9 Å². The lowest BCUT2D eigenvalue weighted by molar-refractivity contribution is -0.179. The van der Waals surface area contributed by atoms with Crippen molar-refractivity contribution in [1.82, 2.24) is 0 Å². The fourth-order valence-electron chi connectivity index (χ4n) is 7.83. The highest BCUT2D eigenvalue weighted by Gasteiger charge is 2.69. The highest BCUT2D eigenvalue weighted by Crippen LogP contribution is 2.61. The molecule has 2 fully saturated rings. The van der Waals surface area contributed by atoms with Crippen LogP contribution in [0.1, 0.15) is 53.4 Å². The molecule has 0 aromatic carbocycles. The average Bonchev–Trinajstić information content (AvgIpc) is 3.58. The molecule has 3 aliphatic carbocycles. The Morgan fingerprint density at radius 3 is 2.59 bits per heavy atom. The molecule has 0 aromatic rings. The second kappa shape index (κ2) is 12.6. The first kappa shape index (κ1) is 32.1. The van der Waals surface area contributed by atoms with E-state index in [0.717, 1.165) is 5.57 Å². The molecule has 1 saturated heterocycles. The minimum atomic E-state index is -1.12. The zero-order valence-corrected chi connectivity index (χ0v) is 25.7. The zero-order valence-electron chi connectivity index (χ0n) is 25.7. The summed E-state index contributed by atoms with van der Waals surface area (Å²) in [4.78, 5) is 49.8. The van der Waals surface area contributed by atoms with Crippen LogP contribution in [0.5, 0.6) is 0 Å². The van der Waals surface area contributed by atoms with Gasteiger partial charge >= 0.3 is 23.9 Å². The third kappa shape index (κ3) is 5.65. The van der Waals surface area contributed by atoms with E-state index in [2.05, 4.69) is 0 Å². The second-order valence-electron chi connectivity index (χ2n) is 12.7. The maximum absolute atomic E-state index is 13.5. The number of esters is 3. The minimum absolute atomic E-state index is 0.199. The molecular weight excluding hydrogens is 572 g/mol. The van der Waals surface area contributed by atoms with Crippen LogP contribution in [0.15, 0.2) is 47.6 Å². The van der Waals surface area contributed by atoms with Crippen LogP contribution < -0.4 is 0 Å². The standard InChI is InChI=1S/C33H42O11/c1-16-14-17(2)33-21(15-23(40-5)32(39)42-28(16)19(4)41-25(36)13-12-24(34)35)10-11-22-26(33)27(37)18(3)29(30(22)44-33)43-31(38)20-8-6-7-9-20/h6-8,10-11,14,16,18-19,21-23,26-30,37H,9,12-13,15H2,1-5H3,(H,34,35)/b17-14+/t16-,18-,19-,21-,22-,23+,26+,27-,28+,29-,30-,33+/m1/s1. The number of hydrogen-bond donors (Lipinski definition) is 2. The molecule has 44 heavy (non-hydrogen) atoms. The number of methoxy groups -OCH3 is 1. The molecule has 4 bridgehead atoms. The van der Waals surface area contributed by atoms with E-state index in [-0.39, 0.29) is 37.0 Å². The second-order valence-corrected chi connectivity index (χ2v) is 12.7. The molecule has 240 valence electrons. The van der Waals surface area contributed by atoms with Gasteiger partial charge in [-0.3, -0.25) is 9.59 Å². The predicted molar refractivity (Wildman–Crippen MR) is 155 cm³/mol. The van der Waals surface area contributed by atoms with Crippen molar-refractivity contribution in [2.75, 3.05) is 7.11 Å². The van der Waals surface area contributed by atoms with Crippen LogP contribution in [0.2, 0.25) is 0 Å². The van der Waals surface area contributed by atoms with Crippen LogP contribution in [-0.2, 0) is 42.9 Å². The number of aliphatic carboxylic acids is 1. The summed E-state index contributed by atoms with van der Waals surface area (Å²) in [7, 11) is 1.42. The summed E-state index contributed by atoms with van der Waals surface area (Å²) in [6.07, 6.45) is 6.55. The van der Waals surface area contributed by atoms with Crippen molar-refractivity contribution in [3.63, 3.8) is 0 Å². The Bertz CT molecular complexity index is 1300. The van der Waals surface area contributed by atoms with Crippen LogP contribution in [0, 0.1) is 29.6 Å². The molecule has 2 N–H and O–H groups in total. The number of rotatable bonds is 8. The van der Waals surface area contributed by atoms with Gasteiger partial charge in [0.1, 0.15) is 30.0 Å². The Kier molecular flexibility index (Phi) is 9.21. The summed E-state index contributed by atoms with van der Waals surface area (Å²) in [5.41, 5.74) is 0.344. The Labute approximate surface area is 256 Å². The first-order chi connectivity index (χ1) is 20.9. The molecule has 2 aliphatic heterocycles. The summed E-state index contributed by atoms with van der Waals surface area (Å²) in [5, 5.41) is 20.8. The quantitative estimate of drug-likeness (QED) is 0.235. The fourth-order valence-corrected chi connectivity index (χ4v) is 7.83. The lowest BCUT2D eigenvalue weighted by atomic mass is 9.57. The molecule has 0 radical (unpaired) electrons. The van der Waals surface area contributed by atoms with Crippen LogP contribution in [0.3, 0.4) is 0 Å². The van der Waals surface area contributed by atoms with Crippen molar-refractivity contribution in [2.45, 2.75) is 95.6 Å². The molecule has 0 amide bonds. The fraction of sp³-hybridized carbons (Fsp3) is 0.636. The number of carboxylic acids is 1. The first-order valence-electron chi connectivity index (χ1n) is 15.3. The molecule has 0 unspecified atom stereocenters. The molecule has 12 atom stereocenters. The van der Waals surface area contributed by atoms with Crippen molar-refractivity contribution in [2.24, 2.45) is 29.6 Å². The van der Waals surface area contributed by atoms with Crippen molar-refractivity contribution < 1.29 is 53.1 Å². The number of aliphatic hydroxyl groups is 1. The molecule has 5 rings (SSSR count). The summed E-state index contributed by atoms with van der Waals surface area (Å²) in [6, 6.07) is 0. The third-order valence-corrected chi connectivity index (χ3v) is 10.0. The molecular formula is C33H42O11. The van der Waals surface area contributed by atoms with Crippen molar-refractivity contribution in [1.29, 1.82) is 0 Å². The van der Waals surface area contributed by atoms with E-state index < -0.39 is 77.9 Å². The number of carbonyl (C=O) groups excluding carboxylic acids is 3. The average molecular weight is 615 g/mol. The summed E-state index contributed by atoms with van der Waals surface area (Å²) in [5.74, 6) is -4.73. The monoisotopic (exact) mass is 614 g/mol. The number of cyclic esters (lactones) is 1. The molecule has 11 heteroatoms. The van der Waals surface area contributed by atoms with E-state index in [1.165, 1.54) is 7.11 Å². The van der Waals surface area contributed by atoms with Crippen LogP contribution >= 0.6 is 0 Å². The predicted octanol–water partition coefficient (Wildman–Crippen LogP) is 3.06. The first-order valence-corrected chi connectivity index (χ1v) is 15.3. The van der Waals surface area contributed by atoms with Crippen LogP contribution in [0.4, 0.5) is 0 Å². The SMILES string of the molecule is CO[C@H]1C[C@H]2C=C[C@H]3[C@H]4O[C@]2(/C(C)=C/[C@@H](C)[C@@H]([C@@H](C)OC(=O)CCC(=O)O)OC1=O)[C@@H]3[C@H](O)[C@@H](C)[C@H]4OC(=O)C1=CC=CC1. The smallest absolute Gasteiger partial charge is 0.335 e. The summed E-state index contributed by atoms with van der Waals surface area (Å²) < 4.78 is 30.1. The van der Waals surface area contributed by atoms with Gasteiger partial charge in [-0.1, -0.05) is 50.3 Å². The highest BCUT2D eigenvalue weighted by atomic mass is 16.6. The van der Waals surface area contributed by atoms with Gasteiger partial charge in [-0.25, -0.2) is 9.59 Å². The van der Waals surface area contributed by atoms with Gasteiger partial charge in [0.2, 0.25) is 0 Å². The van der Waals surface area contributed by atoms with E-state index in [1.54, 1.807) is 13.0 Å². The van der Waals surface area contributed by atoms with Crippen LogP contribution in [-0.4, -0.2) is 83.4 Å². The van der Waals surface area contributed by atoms with E-state index >= 15 is 0 Å². The van der Waals surface area contributed by atoms with E-state index in [4.69, 9.17) is 28.8 Å². The van der Waals surface area contributed by atoms with Gasteiger partial charge in [0.25, 0.3) is 0 Å². The van der Waals surface area contributed by atoms with Crippen molar-refractivity contribution in [3.05, 3.63) is 47.6 Å². The van der Waals surface area contributed by atoms with E-state index in [1.807, 2.05) is 51.2 Å². The molecule has 11 nitrogen and oxygen atoms in total. The van der Waals surface area contributed by atoms with Crippen LogP contribution in [0.25, 0.3) is 0 Å². The van der Waals surface area contributed by atoms with Gasteiger partial charge in [0.15, 0.2) is 6.10 Å². The van der Waals surface area contributed by atoms with E-state index in [0.29, 0.717) is 12.0 Å². The normalized spacial score (nSPS) is 41.0. The number of aliphatic hydroxyl groups excluding tert-OH is 1. The lowest BCUT2D eigenvalue weighted by Crippen LogP contribution is -2.57. The number of carbonyl (C=O) groups is 4. The Morgan fingerprint density at radius 2 is 1.93 bits per heavy atom. The topological polar surface area (TPSA) is 155 Å². The minimum Gasteiger partial charge on any atom is -0.481 e. The molecule has 5 aliphatic rings. The lowest BCUT2D eigenvalue weighted by Gasteiger charge is -2.49. The van der Waals surface area contributed by atoms with Gasteiger partial charge in [0.05, 0.1) is 18.9 Å². The van der Waals surface area contributed by atoms with Gasteiger partial charge in [-0.15, -0.1) is 0 Å². The number of hydrogen-bond acceptors (Lipinski definition) is 10. The van der Waals surface area contributed by atoms with Gasteiger partial charge < -0.3 is 33.9 Å². The Hall–Kier alpha value is -3.28. The van der Waals surface area contributed by atoms with Gasteiger partial charge in [-0.05, 0) is 32.3 Å². The van der Waals surface area contributed by atoms with E-state index in [9.17, 15) is 24.3 Å². The third-order valence-electron chi connectivity index (χ3n) is 10.0. The van der Waals surface area contributed by atoms with Gasteiger partial charge in [-0.2, -0.15) is 0 Å². The van der Waals surface area contributed by atoms with Gasteiger partial charge in [0, 0.05) is 42.3 Å². The molecule has 0 aromatic heterocycles. The number of carboxylic acid groups (broad SMARTS) is 1. The van der Waals surface area contributed by atoms with Crippen molar-refractivity contribution in [3.8, 4) is 0 Å². The zero-order chi connectivity index (χ0) is 31.9.